The van der Waals surface area contributed by atoms with Crippen molar-refractivity contribution in [1.29, 1.82) is 0 Å². The van der Waals surface area contributed by atoms with E-state index in [-0.39, 0.29) is 10.5 Å². The highest BCUT2D eigenvalue weighted by molar-refractivity contribution is 8.14. The van der Waals surface area contributed by atoms with Gasteiger partial charge in [-0.25, -0.2) is 19.7 Å². The van der Waals surface area contributed by atoms with E-state index in [9.17, 15) is 4.79 Å². The standard InChI is InChI=1S/C17H21N7OS/c1-5-26(4)12-6-7-13(22-23-17(18)25)21-14(12)16-20-11-8-10(2)9-19-15(11)24(16)3/h6-9H,4-5H2,1-3H3,(H,21,22)(H3,18,23,25). The maximum atomic E-state index is 10.9. The lowest BCUT2D eigenvalue weighted by molar-refractivity contribution is 0.250. The van der Waals surface area contributed by atoms with Crippen molar-refractivity contribution in [2.45, 2.75) is 18.7 Å². The minimum atomic E-state index is -0.690. The van der Waals surface area contributed by atoms with Gasteiger partial charge >= 0.3 is 6.03 Å². The Balaban J connectivity index is 2.17. The summed E-state index contributed by atoms with van der Waals surface area (Å²) in [5, 5.41) is 0. The smallest absolute Gasteiger partial charge is 0.330 e. The van der Waals surface area contributed by atoms with Crippen LogP contribution in [0.2, 0.25) is 0 Å². The highest BCUT2D eigenvalue weighted by atomic mass is 32.2. The molecular formula is C17H21N7OS. The molecule has 26 heavy (non-hydrogen) atoms. The third-order valence-electron chi connectivity index (χ3n) is 3.89. The number of nitrogens with one attached hydrogen (secondary N) is 2. The molecule has 9 heteroatoms. The molecule has 0 fully saturated rings. The van der Waals surface area contributed by atoms with E-state index in [1.807, 2.05) is 36.9 Å². The number of fused-ring (bicyclic) bond motifs is 1. The normalized spacial score (nSPS) is 12.1. The van der Waals surface area contributed by atoms with Crippen LogP contribution < -0.4 is 16.6 Å². The van der Waals surface area contributed by atoms with Crippen LogP contribution in [0.5, 0.6) is 0 Å². The predicted octanol–water partition coefficient (Wildman–Crippen LogP) is 2.41. The van der Waals surface area contributed by atoms with Gasteiger partial charge in [0.05, 0.1) is 0 Å². The van der Waals surface area contributed by atoms with Gasteiger partial charge in [-0.1, -0.05) is 12.8 Å². The number of hydrogen-bond donors (Lipinski definition) is 3. The first kappa shape index (κ1) is 17.9. The van der Waals surface area contributed by atoms with Crippen LogP contribution in [0.25, 0.3) is 22.7 Å². The van der Waals surface area contributed by atoms with E-state index in [0.29, 0.717) is 17.3 Å². The maximum Gasteiger partial charge on any atom is 0.330 e. The molecule has 0 aliphatic heterocycles. The zero-order chi connectivity index (χ0) is 18.8. The predicted molar refractivity (Wildman–Crippen MR) is 106 cm³/mol. The van der Waals surface area contributed by atoms with Crippen LogP contribution in [0, 0.1) is 6.92 Å². The maximum absolute atomic E-state index is 10.9. The minimum Gasteiger partial charge on any atom is -0.350 e. The number of hydrogen-bond acceptors (Lipinski definition) is 5. The van der Waals surface area contributed by atoms with Crippen LogP contribution in [-0.2, 0) is 7.05 Å². The molecule has 0 saturated heterocycles. The van der Waals surface area contributed by atoms with Crippen LogP contribution in [0.1, 0.15) is 12.5 Å². The number of aryl methyl sites for hydroxylation is 2. The topological polar surface area (TPSA) is 111 Å². The highest BCUT2D eigenvalue weighted by Gasteiger charge is 2.17. The van der Waals surface area contributed by atoms with Gasteiger partial charge in [-0.3, -0.25) is 10.9 Å². The number of aromatic nitrogens is 4. The Bertz CT molecular complexity index is 1010. The van der Waals surface area contributed by atoms with Crippen molar-refractivity contribution < 1.29 is 4.79 Å². The number of nitrogens with zero attached hydrogens (tertiary/aromatic N) is 4. The Hall–Kier alpha value is -2.94. The molecule has 0 saturated carbocycles. The van der Waals surface area contributed by atoms with E-state index < -0.39 is 6.03 Å². The molecule has 0 aromatic carbocycles. The number of rotatable bonds is 5. The lowest BCUT2D eigenvalue weighted by atomic mass is 10.3. The lowest BCUT2D eigenvalue weighted by Gasteiger charge is -2.13. The molecule has 3 heterocycles. The number of hydrazine groups is 1. The van der Waals surface area contributed by atoms with Gasteiger partial charge in [0.25, 0.3) is 0 Å². The summed E-state index contributed by atoms with van der Waals surface area (Å²) in [5.74, 6) is 6.29. The first-order chi connectivity index (χ1) is 12.4. The zero-order valence-corrected chi connectivity index (χ0v) is 15.7. The minimum absolute atomic E-state index is 0.234. The Labute approximate surface area is 153 Å². The second-order valence-electron chi connectivity index (χ2n) is 5.79. The van der Waals surface area contributed by atoms with Gasteiger partial charge in [0.1, 0.15) is 17.0 Å². The zero-order valence-electron chi connectivity index (χ0n) is 14.9. The third kappa shape index (κ3) is 3.38. The quantitative estimate of drug-likeness (QED) is 0.471. The SMILES string of the molecule is C=S(CC)c1ccc(NNC(N)=O)nc1-c1nc2cc(C)cnc2n1C. The number of nitrogens with two attached hydrogens (primary N) is 1. The molecule has 1 unspecified atom stereocenters. The first-order valence-corrected chi connectivity index (χ1v) is 9.59. The molecule has 4 N–H and O–H groups in total. The Kier molecular flexibility index (Phi) is 4.90. The van der Waals surface area contributed by atoms with Crippen molar-refractivity contribution in [2.75, 3.05) is 11.2 Å². The van der Waals surface area contributed by atoms with Crippen LogP contribution >= 0.6 is 10.5 Å². The molecule has 0 spiro atoms. The molecule has 3 aromatic rings. The van der Waals surface area contributed by atoms with Gasteiger partial charge < -0.3 is 10.3 Å². The summed E-state index contributed by atoms with van der Waals surface area (Å²) in [6.45, 7) is 4.06. The fourth-order valence-electron chi connectivity index (χ4n) is 2.58. The van der Waals surface area contributed by atoms with Gasteiger partial charge in [0.2, 0.25) is 0 Å². The van der Waals surface area contributed by atoms with Crippen LogP contribution in [-0.4, -0.2) is 37.2 Å². The van der Waals surface area contributed by atoms with Crippen LogP contribution in [0.4, 0.5) is 10.6 Å². The summed E-state index contributed by atoms with van der Waals surface area (Å²) in [4.78, 5) is 25.8. The summed E-state index contributed by atoms with van der Waals surface area (Å²) in [5.41, 5.74) is 13.5. The molecule has 0 bridgehead atoms. The first-order valence-electron chi connectivity index (χ1n) is 8.03. The Morgan fingerprint density at radius 1 is 1.38 bits per heavy atom. The number of anilines is 1. The van der Waals surface area contributed by atoms with Crippen molar-refractivity contribution in [3.8, 4) is 11.5 Å². The summed E-state index contributed by atoms with van der Waals surface area (Å²) >= 11 is 0. The van der Waals surface area contributed by atoms with E-state index in [4.69, 9.17) is 10.7 Å². The molecule has 0 radical (unpaired) electrons. The van der Waals surface area contributed by atoms with E-state index in [1.54, 1.807) is 6.07 Å². The number of urea groups is 1. The molecule has 8 nitrogen and oxygen atoms in total. The van der Waals surface area contributed by atoms with Crippen LogP contribution in [0.15, 0.2) is 29.3 Å². The average Bonchev–Trinajstić information content (AvgIpc) is 2.94. The Morgan fingerprint density at radius 2 is 2.15 bits per heavy atom. The second-order valence-corrected chi connectivity index (χ2v) is 7.79. The Morgan fingerprint density at radius 3 is 2.85 bits per heavy atom. The summed E-state index contributed by atoms with van der Waals surface area (Å²) in [6.07, 6.45) is 1.81. The number of pyridine rings is 2. The average molecular weight is 371 g/mol. The molecule has 2 amide bonds. The highest BCUT2D eigenvalue weighted by Crippen LogP contribution is 2.35. The molecular weight excluding hydrogens is 350 g/mol. The number of carbonyl (C=O) groups is 1. The number of amides is 2. The molecule has 3 rings (SSSR count). The third-order valence-corrected chi connectivity index (χ3v) is 5.54. The molecule has 136 valence electrons. The number of imidazole rings is 1. The molecule has 0 aliphatic rings. The molecule has 0 aliphatic carbocycles. The number of carbonyl (C=O) groups excluding carboxylic acids is 1. The van der Waals surface area contributed by atoms with E-state index in [0.717, 1.165) is 27.4 Å². The lowest BCUT2D eigenvalue weighted by Crippen LogP contribution is -2.34. The fraction of sp³-hybridized carbons (Fsp3) is 0.235. The van der Waals surface area contributed by atoms with Crippen molar-refractivity contribution in [3.63, 3.8) is 0 Å². The van der Waals surface area contributed by atoms with Crippen LogP contribution in [0.3, 0.4) is 0 Å². The monoisotopic (exact) mass is 371 g/mol. The molecule has 3 aromatic heterocycles. The van der Waals surface area contributed by atoms with Crippen molar-refractivity contribution in [2.24, 2.45) is 12.8 Å². The van der Waals surface area contributed by atoms with Gasteiger partial charge in [-0.2, -0.15) is 10.5 Å². The second kappa shape index (κ2) is 7.12. The summed E-state index contributed by atoms with van der Waals surface area (Å²) in [6, 6.07) is 5.03. The van der Waals surface area contributed by atoms with Gasteiger partial charge in [-0.05, 0) is 36.4 Å². The summed E-state index contributed by atoms with van der Waals surface area (Å²) in [7, 11) is 1.68. The molecule has 1 atom stereocenters. The van der Waals surface area contributed by atoms with Crippen molar-refractivity contribution in [1.82, 2.24) is 24.9 Å². The summed E-state index contributed by atoms with van der Waals surface area (Å²) < 4.78 is 1.92. The van der Waals surface area contributed by atoms with Gasteiger partial charge in [-0.15, -0.1) is 0 Å². The van der Waals surface area contributed by atoms with Crippen molar-refractivity contribution in [3.05, 3.63) is 30.0 Å². The van der Waals surface area contributed by atoms with E-state index >= 15 is 0 Å². The van der Waals surface area contributed by atoms with Gasteiger partial charge in [0, 0.05) is 18.1 Å². The largest absolute Gasteiger partial charge is 0.350 e. The van der Waals surface area contributed by atoms with Gasteiger partial charge in [0.15, 0.2) is 11.5 Å². The van der Waals surface area contributed by atoms with E-state index in [2.05, 4.69) is 33.6 Å². The number of primary amides is 1. The van der Waals surface area contributed by atoms with Crippen molar-refractivity contribution >= 4 is 39.4 Å². The fourth-order valence-corrected chi connectivity index (χ4v) is 3.56. The van der Waals surface area contributed by atoms with E-state index in [1.165, 1.54) is 0 Å².